The van der Waals surface area contributed by atoms with Crippen molar-refractivity contribution in [2.75, 3.05) is 13.7 Å². The number of methoxy groups -OCH3 is 1. The van der Waals surface area contributed by atoms with Crippen LogP contribution in [-0.4, -0.2) is 24.5 Å². The lowest BCUT2D eigenvalue weighted by molar-refractivity contribution is 0.0893. The van der Waals surface area contributed by atoms with Crippen LogP contribution < -0.4 is 0 Å². The van der Waals surface area contributed by atoms with Crippen molar-refractivity contribution in [3.8, 4) is 0 Å². The van der Waals surface area contributed by atoms with E-state index in [0.29, 0.717) is 12.2 Å². The van der Waals surface area contributed by atoms with Gasteiger partial charge in [0.25, 0.3) is 0 Å². The Hall–Kier alpha value is -1.22. The highest BCUT2D eigenvalue weighted by Gasteiger charge is 2.14. The van der Waals surface area contributed by atoms with Gasteiger partial charge in [0, 0.05) is 37.6 Å². The second-order valence-corrected chi connectivity index (χ2v) is 3.29. The summed E-state index contributed by atoms with van der Waals surface area (Å²) in [6, 6.07) is 3.56. The van der Waals surface area contributed by atoms with Crippen molar-refractivity contribution in [3.05, 3.63) is 30.1 Å². The fourth-order valence-electron chi connectivity index (χ4n) is 1.22. The van der Waals surface area contributed by atoms with Crippen molar-refractivity contribution in [2.45, 2.75) is 13.3 Å². The van der Waals surface area contributed by atoms with E-state index in [-0.39, 0.29) is 11.7 Å². The van der Waals surface area contributed by atoms with Gasteiger partial charge in [0.1, 0.15) is 0 Å². The Morgan fingerprint density at radius 1 is 1.64 bits per heavy atom. The minimum Gasteiger partial charge on any atom is -0.385 e. The fourth-order valence-corrected chi connectivity index (χ4v) is 1.22. The molecule has 14 heavy (non-hydrogen) atoms. The molecule has 0 spiro atoms. The summed E-state index contributed by atoms with van der Waals surface area (Å²) in [4.78, 5) is 15.7. The summed E-state index contributed by atoms with van der Waals surface area (Å²) in [6.45, 7) is 2.53. The van der Waals surface area contributed by atoms with Crippen molar-refractivity contribution in [3.63, 3.8) is 0 Å². The topological polar surface area (TPSA) is 39.2 Å². The number of Topliss-reactive ketones (excluding diaryl/α,β-unsaturated/α-hetero) is 1. The van der Waals surface area contributed by atoms with Crippen molar-refractivity contribution in [2.24, 2.45) is 5.92 Å². The molecule has 1 heterocycles. The van der Waals surface area contributed by atoms with E-state index in [0.717, 1.165) is 6.42 Å². The normalized spacial score (nSPS) is 12.4. The van der Waals surface area contributed by atoms with Gasteiger partial charge in [0.05, 0.1) is 0 Å². The van der Waals surface area contributed by atoms with Gasteiger partial charge in [0.2, 0.25) is 0 Å². The quantitative estimate of drug-likeness (QED) is 0.671. The van der Waals surface area contributed by atoms with Gasteiger partial charge in [-0.2, -0.15) is 0 Å². The second kappa shape index (κ2) is 5.50. The lowest BCUT2D eigenvalue weighted by Gasteiger charge is -2.08. The number of aromatic nitrogens is 1. The van der Waals surface area contributed by atoms with Crippen LogP contribution in [0, 0.1) is 5.92 Å². The number of hydrogen-bond acceptors (Lipinski definition) is 3. The van der Waals surface area contributed by atoms with Gasteiger partial charge in [0.15, 0.2) is 5.78 Å². The van der Waals surface area contributed by atoms with Crippen LogP contribution in [0.4, 0.5) is 0 Å². The average molecular weight is 193 g/mol. The molecule has 0 saturated carbocycles. The van der Waals surface area contributed by atoms with E-state index < -0.39 is 0 Å². The zero-order chi connectivity index (χ0) is 10.4. The van der Waals surface area contributed by atoms with E-state index in [1.54, 1.807) is 31.6 Å². The zero-order valence-electron chi connectivity index (χ0n) is 8.56. The van der Waals surface area contributed by atoms with E-state index >= 15 is 0 Å². The van der Waals surface area contributed by atoms with Crippen LogP contribution in [0.3, 0.4) is 0 Å². The molecule has 0 aliphatic carbocycles. The molecule has 1 aromatic rings. The first kappa shape index (κ1) is 10.9. The summed E-state index contributed by atoms with van der Waals surface area (Å²) in [6.07, 6.45) is 4.02. The van der Waals surface area contributed by atoms with Gasteiger partial charge in [-0.25, -0.2) is 0 Å². The Morgan fingerprint density at radius 2 is 2.43 bits per heavy atom. The van der Waals surface area contributed by atoms with E-state index in [1.165, 1.54) is 0 Å². The molecule has 1 atom stereocenters. The van der Waals surface area contributed by atoms with E-state index in [9.17, 15) is 4.79 Å². The molecule has 1 unspecified atom stereocenters. The minimum atomic E-state index is -0.000787. The molecule has 0 bridgehead atoms. The SMILES string of the molecule is COCCC(C)C(=O)c1cccnc1. The van der Waals surface area contributed by atoms with Crippen molar-refractivity contribution in [1.29, 1.82) is 0 Å². The number of carbonyl (C=O) groups excluding carboxylic acids is 1. The van der Waals surface area contributed by atoms with Crippen LogP contribution in [0.2, 0.25) is 0 Å². The van der Waals surface area contributed by atoms with Gasteiger partial charge in [-0.3, -0.25) is 9.78 Å². The second-order valence-electron chi connectivity index (χ2n) is 3.29. The maximum absolute atomic E-state index is 11.8. The summed E-state index contributed by atoms with van der Waals surface area (Å²) >= 11 is 0. The summed E-state index contributed by atoms with van der Waals surface area (Å²) in [5, 5.41) is 0. The highest BCUT2D eigenvalue weighted by atomic mass is 16.5. The first-order valence-corrected chi connectivity index (χ1v) is 4.69. The van der Waals surface area contributed by atoms with E-state index in [2.05, 4.69) is 4.98 Å². The molecule has 0 fully saturated rings. The number of carbonyl (C=O) groups is 1. The third-order valence-corrected chi connectivity index (χ3v) is 2.15. The number of hydrogen-bond donors (Lipinski definition) is 0. The molecule has 0 aliphatic heterocycles. The molecule has 0 aliphatic rings. The van der Waals surface area contributed by atoms with Crippen LogP contribution in [-0.2, 0) is 4.74 Å². The number of rotatable bonds is 5. The standard InChI is InChI=1S/C11H15NO2/c1-9(5-7-14-2)11(13)10-4-3-6-12-8-10/h3-4,6,8-9H,5,7H2,1-2H3. The molecule has 3 nitrogen and oxygen atoms in total. The third kappa shape index (κ3) is 2.92. The van der Waals surface area contributed by atoms with Gasteiger partial charge in [-0.05, 0) is 18.6 Å². The monoisotopic (exact) mass is 193 g/mol. The Morgan fingerprint density at radius 3 is 3.00 bits per heavy atom. The number of nitrogens with zero attached hydrogens (tertiary/aromatic N) is 1. The predicted octanol–water partition coefficient (Wildman–Crippen LogP) is 1.94. The Kier molecular flexibility index (Phi) is 4.26. The van der Waals surface area contributed by atoms with Crippen molar-refractivity contribution in [1.82, 2.24) is 4.98 Å². The van der Waals surface area contributed by atoms with Crippen LogP contribution in [0.5, 0.6) is 0 Å². The molecule has 0 amide bonds. The Bertz CT molecular complexity index is 285. The van der Waals surface area contributed by atoms with Crippen molar-refractivity contribution >= 4 is 5.78 Å². The lowest BCUT2D eigenvalue weighted by Crippen LogP contribution is -2.13. The van der Waals surface area contributed by atoms with Gasteiger partial charge < -0.3 is 4.74 Å². The molecular formula is C11H15NO2. The first-order valence-electron chi connectivity index (χ1n) is 4.69. The number of ketones is 1. The van der Waals surface area contributed by atoms with Gasteiger partial charge >= 0.3 is 0 Å². The molecule has 1 aromatic heterocycles. The smallest absolute Gasteiger partial charge is 0.167 e. The first-order chi connectivity index (χ1) is 6.75. The van der Waals surface area contributed by atoms with Gasteiger partial charge in [-0.15, -0.1) is 0 Å². The molecule has 3 heteroatoms. The van der Waals surface area contributed by atoms with E-state index in [4.69, 9.17) is 4.74 Å². The molecular weight excluding hydrogens is 178 g/mol. The van der Waals surface area contributed by atoms with Crippen LogP contribution in [0.25, 0.3) is 0 Å². The largest absolute Gasteiger partial charge is 0.385 e. The minimum absolute atomic E-state index is 0.000787. The average Bonchev–Trinajstić information content (AvgIpc) is 2.26. The summed E-state index contributed by atoms with van der Waals surface area (Å²) in [7, 11) is 1.64. The maximum Gasteiger partial charge on any atom is 0.167 e. The summed E-state index contributed by atoms with van der Waals surface area (Å²) in [5.41, 5.74) is 0.677. The Balaban J connectivity index is 2.57. The maximum atomic E-state index is 11.8. The lowest BCUT2D eigenvalue weighted by atomic mass is 9.98. The molecule has 1 rings (SSSR count). The highest BCUT2D eigenvalue weighted by Crippen LogP contribution is 2.10. The number of ether oxygens (including phenoxy) is 1. The summed E-state index contributed by atoms with van der Waals surface area (Å²) < 4.78 is 4.93. The predicted molar refractivity (Wildman–Crippen MR) is 54.2 cm³/mol. The van der Waals surface area contributed by atoms with Crippen LogP contribution >= 0.6 is 0 Å². The van der Waals surface area contributed by atoms with E-state index in [1.807, 2.05) is 6.92 Å². The van der Waals surface area contributed by atoms with Crippen LogP contribution in [0.1, 0.15) is 23.7 Å². The molecule has 0 aromatic carbocycles. The number of pyridine rings is 1. The molecule has 0 N–H and O–H groups in total. The van der Waals surface area contributed by atoms with Crippen LogP contribution in [0.15, 0.2) is 24.5 Å². The van der Waals surface area contributed by atoms with Gasteiger partial charge in [-0.1, -0.05) is 6.92 Å². The molecule has 0 saturated heterocycles. The van der Waals surface area contributed by atoms with Crippen molar-refractivity contribution < 1.29 is 9.53 Å². The zero-order valence-corrected chi connectivity index (χ0v) is 8.56. The third-order valence-electron chi connectivity index (χ3n) is 2.15. The molecule has 76 valence electrons. The highest BCUT2D eigenvalue weighted by molar-refractivity contribution is 5.97. The molecule has 0 radical (unpaired) electrons. The summed E-state index contributed by atoms with van der Waals surface area (Å²) in [5.74, 6) is 0.134. The fraction of sp³-hybridized carbons (Fsp3) is 0.455. The Labute approximate surface area is 84.1 Å².